The highest BCUT2D eigenvalue weighted by molar-refractivity contribution is 7.20. The number of carbonyl (C=O) groups excluding carboxylic acids is 1. The molecule has 0 aliphatic heterocycles. The Hall–Kier alpha value is -2.87. The van der Waals surface area contributed by atoms with Crippen molar-refractivity contribution < 1.29 is 18.0 Å². The third-order valence-electron chi connectivity index (χ3n) is 3.50. The average molecular weight is 363 g/mol. The van der Waals surface area contributed by atoms with Crippen LogP contribution in [0.25, 0.3) is 21.2 Å². The zero-order chi connectivity index (χ0) is 18.2. The molecule has 0 spiro atoms. The van der Waals surface area contributed by atoms with Gasteiger partial charge in [-0.2, -0.15) is 18.2 Å². The number of nitrogens with two attached hydrogens (primary N) is 2. The number of hydrogen-bond donors (Lipinski definition) is 2. The number of benzene rings is 2. The summed E-state index contributed by atoms with van der Waals surface area (Å²) in [6.45, 7) is 0. The third-order valence-corrected chi connectivity index (χ3v) is 4.59. The average Bonchev–Trinajstić information content (AvgIpc) is 2.97. The molecule has 0 aliphatic carbocycles. The van der Waals surface area contributed by atoms with E-state index >= 15 is 0 Å². The van der Waals surface area contributed by atoms with Crippen molar-refractivity contribution in [3.05, 3.63) is 59.0 Å². The Bertz CT molecular complexity index is 988. The number of fused-ring (bicyclic) bond motifs is 1. The number of amides is 1. The van der Waals surface area contributed by atoms with Crippen molar-refractivity contribution >= 4 is 33.3 Å². The summed E-state index contributed by atoms with van der Waals surface area (Å²) in [5.41, 5.74) is 10.7. The van der Waals surface area contributed by atoms with E-state index in [4.69, 9.17) is 11.5 Å². The first-order valence-electron chi connectivity index (χ1n) is 7.10. The van der Waals surface area contributed by atoms with Crippen LogP contribution in [0.5, 0.6) is 0 Å². The first-order valence-corrected chi connectivity index (χ1v) is 7.91. The first-order chi connectivity index (χ1) is 11.8. The summed E-state index contributed by atoms with van der Waals surface area (Å²) in [4.78, 5) is 15.8. The van der Waals surface area contributed by atoms with Gasteiger partial charge in [0.2, 0.25) is 0 Å². The SMILES string of the molecule is NC(N)=NC(=O)c1cc2c(-c3cccc(C(F)(F)F)c3)cccc2s1. The molecule has 0 bridgehead atoms. The van der Waals surface area contributed by atoms with E-state index < -0.39 is 17.6 Å². The molecule has 8 heteroatoms. The second-order valence-corrected chi connectivity index (χ2v) is 6.33. The van der Waals surface area contributed by atoms with Crippen molar-refractivity contribution in [1.82, 2.24) is 0 Å². The van der Waals surface area contributed by atoms with Crippen molar-refractivity contribution in [2.24, 2.45) is 16.5 Å². The van der Waals surface area contributed by atoms with Crippen molar-refractivity contribution in [2.75, 3.05) is 0 Å². The van der Waals surface area contributed by atoms with Crippen LogP contribution in [0.4, 0.5) is 13.2 Å². The number of rotatable bonds is 2. The summed E-state index contributed by atoms with van der Waals surface area (Å²) in [5, 5.41) is 0.668. The minimum Gasteiger partial charge on any atom is -0.370 e. The van der Waals surface area contributed by atoms with Crippen LogP contribution in [0.1, 0.15) is 15.2 Å². The number of aliphatic imine (C=N–C) groups is 1. The fraction of sp³-hybridized carbons (Fsp3) is 0.0588. The van der Waals surface area contributed by atoms with Gasteiger partial charge in [0.15, 0.2) is 5.96 Å². The van der Waals surface area contributed by atoms with Crippen LogP contribution in [0.15, 0.2) is 53.5 Å². The van der Waals surface area contributed by atoms with Gasteiger partial charge < -0.3 is 11.5 Å². The fourth-order valence-electron chi connectivity index (χ4n) is 2.45. The molecule has 0 fully saturated rings. The molecule has 128 valence electrons. The molecule has 0 radical (unpaired) electrons. The fourth-order valence-corrected chi connectivity index (χ4v) is 3.43. The highest BCUT2D eigenvalue weighted by Gasteiger charge is 2.30. The number of alkyl halides is 3. The van der Waals surface area contributed by atoms with Gasteiger partial charge in [0.25, 0.3) is 5.91 Å². The zero-order valence-electron chi connectivity index (χ0n) is 12.7. The molecule has 3 aromatic rings. The molecule has 1 aromatic heterocycles. The monoisotopic (exact) mass is 363 g/mol. The summed E-state index contributed by atoms with van der Waals surface area (Å²) < 4.78 is 39.6. The van der Waals surface area contributed by atoms with Crippen molar-refractivity contribution in [2.45, 2.75) is 6.18 Å². The van der Waals surface area contributed by atoms with Gasteiger partial charge in [-0.15, -0.1) is 11.3 Å². The topological polar surface area (TPSA) is 81.5 Å². The third kappa shape index (κ3) is 3.48. The number of nitrogens with zero attached hydrogens (tertiary/aromatic N) is 1. The number of halogens is 3. The lowest BCUT2D eigenvalue weighted by Gasteiger charge is -2.09. The van der Waals surface area contributed by atoms with E-state index in [1.165, 1.54) is 17.4 Å². The summed E-state index contributed by atoms with van der Waals surface area (Å²) in [7, 11) is 0. The van der Waals surface area contributed by atoms with Crippen molar-refractivity contribution in [3.63, 3.8) is 0 Å². The summed E-state index contributed by atoms with van der Waals surface area (Å²) in [6.07, 6.45) is -4.42. The van der Waals surface area contributed by atoms with E-state index in [9.17, 15) is 18.0 Å². The molecule has 0 unspecified atom stereocenters. The molecule has 4 N–H and O–H groups in total. The van der Waals surface area contributed by atoms with Crippen LogP contribution in [0, 0.1) is 0 Å². The number of hydrogen-bond acceptors (Lipinski definition) is 2. The highest BCUT2D eigenvalue weighted by atomic mass is 32.1. The minimum absolute atomic E-state index is 0.308. The van der Waals surface area contributed by atoms with Gasteiger partial charge in [0, 0.05) is 10.1 Å². The van der Waals surface area contributed by atoms with Gasteiger partial charge in [-0.3, -0.25) is 4.79 Å². The van der Waals surface area contributed by atoms with Crippen molar-refractivity contribution in [3.8, 4) is 11.1 Å². The molecule has 1 heterocycles. The molecular weight excluding hydrogens is 351 g/mol. The van der Waals surface area contributed by atoms with E-state index in [2.05, 4.69) is 4.99 Å². The van der Waals surface area contributed by atoms with E-state index in [1.54, 1.807) is 30.3 Å². The van der Waals surface area contributed by atoms with Crippen LogP contribution >= 0.6 is 11.3 Å². The normalized spacial score (nSPS) is 11.5. The lowest BCUT2D eigenvalue weighted by molar-refractivity contribution is -0.137. The van der Waals surface area contributed by atoms with E-state index in [0.29, 0.717) is 21.4 Å². The van der Waals surface area contributed by atoms with Crippen LogP contribution in [-0.2, 0) is 6.18 Å². The Morgan fingerprint density at radius 1 is 1.04 bits per heavy atom. The quantitative estimate of drug-likeness (QED) is 0.533. The maximum Gasteiger partial charge on any atom is 0.416 e. The van der Waals surface area contributed by atoms with Gasteiger partial charge in [-0.25, -0.2) is 0 Å². The Labute approximate surface area is 144 Å². The molecule has 25 heavy (non-hydrogen) atoms. The van der Waals surface area contributed by atoms with Gasteiger partial charge in [-0.1, -0.05) is 24.3 Å². The molecule has 0 atom stereocenters. The number of thiophene rings is 1. The Kier molecular flexibility index (Phi) is 4.22. The maximum absolute atomic E-state index is 12.9. The van der Waals surface area contributed by atoms with Crippen LogP contribution in [0.2, 0.25) is 0 Å². The number of carbonyl (C=O) groups is 1. The standard InChI is InChI=1S/C17H12F3N3OS/c18-17(19,20)10-4-1-3-9(7-10)11-5-2-6-13-12(11)8-14(25-13)15(24)23-16(21)22/h1-8H,(H4,21,22,23,24). The van der Waals surface area contributed by atoms with E-state index in [0.717, 1.165) is 16.8 Å². The molecular formula is C17H12F3N3OS. The van der Waals surface area contributed by atoms with Crippen LogP contribution < -0.4 is 11.5 Å². The lowest BCUT2D eigenvalue weighted by atomic mass is 10.00. The highest BCUT2D eigenvalue weighted by Crippen LogP contribution is 2.37. The maximum atomic E-state index is 12.9. The second-order valence-electron chi connectivity index (χ2n) is 5.25. The Morgan fingerprint density at radius 2 is 1.76 bits per heavy atom. The predicted molar refractivity (Wildman–Crippen MR) is 92.4 cm³/mol. The smallest absolute Gasteiger partial charge is 0.370 e. The first kappa shape index (κ1) is 17.0. The molecule has 0 saturated carbocycles. The van der Waals surface area contributed by atoms with Crippen LogP contribution in [-0.4, -0.2) is 11.9 Å². The van der Waals surface area contributed by atoms with Gasteiger partial charge in [0.1, 0.15) is 0 Å². The van der Waals surface area contributed by atoms with E-state index in [-0.39, 0.29) is 5.96 Å². The molecule has 1 amide bonds. The number of guanidine groups is 1. The largest absolute Gasteiger partial charge is 0.416 e. The molecule has 2 aromatic carbocycles. The van der Waals surface area contributed by atoms with Crippen molar-refractivity contribution in [1.29, 1.82) is 0 Å². The molecule has 0 saturated heterocycles. The van der Waals surface area contributed by atoms with Gasteiger partial charge in [0.05, 0.1) is 10.4 Å². The molecule has 4 nitrogen and oxygen atoms in total. The molecule has 0 aliphatic rings. The Morgan fingerprint density at radius 3 is 2.44 bits per heavy atom. The van der Waals surface area contributed by atoms with Crippen LogP contribution in [0.3, 0.4) is 0 Å². The molecule has 3 rings (SSSR count). The summed E-state index contributed by atoms with van der Waals surface area (Å²) in [6, 6.07) is 11.9. The predicted octanol–water partition coefficient (Wildman–Crippen LogP) is 4.00. The summed E-state index contributed by atoms with van der Waals surface area (Å²) >= 11 is 1.18. The minimum atomic E-state index is -4.42. The zero-order valence-corrected chi connectivity index (χ0v) is 13.5. The van der Waals surface area contributed by atoms with Gasteiger partial charge >= 0.3 is 6.18 Å². The Balaban J connectivity index is 2.13. The van der Waals surface area contributed by atoms with Gasteiger partial charge in [-0.05, 0) is 35.4 Å². The summed E-state index contributed by atoms with van der Waals surface area (Å²) in [5.74, 6) is -0.934. The second kappa shape index (κ2) is 6.21. The lowest BCUT2D eigenvalue weighted by Crippen LogP contribution is -2.24. The van der Waals surface area contributed by atoms with E-state index in [1.807, 2.05) is 0 Å².